The Morgan fingerprint density at radius 2 is 1.96 bits per heavy atom. The van der Waals surface area contributed by atoms with Gasteiger partial charge < -0.3 is 15.1 Å². The number of nitrogens with one attached hydrogen (secondary N) is 1. The van der Waals surface area contributed by atoms with Gasteiger partial charge in [-0.2, -0.15) is 0 Å². The van der Waals surface area contributed by atoms with Gasteiger partial charge in [0.1, 0.15) is 0 Å². The number of rotatable bonds is 4. The lowest BCUT2D eigenvalue weighted by Crippen LogP contribution is -2.46. The first kappa shape index (κ1) is 17.8. The Balaban J connectivity index is 1.48. The standard InChI is InChI=1S/C20H29N3O2/c1-15-8-10-16(11-9-15)5-4-12-21-20(25)23-13-17-6-3-7-18(14-23)22(2)19(17)24/h8-11,17-18H,3-7,12-14H2,1-2H3,(H,21,25)/t17-,18+/m1/s1. The van der Waals surface area contributed by atoms with E-state index in [-0.39, 0.29) is 23.9 Å². The molecule has 2 atom stereocenters. The van der Waals surface area contributed by atoms with Gasteiger partial charge in [0, 0.05) is 32.7 Å². The number of fused-ring (bicyclic) bond motifs is 3. The number of aryl methyl sites for hydroxylation is 2. The first-order valence-electron chi connectivity index (χ1n) is 9.39. The topological polar surface area (TPSA) is 52.7 Å². The summed E-state index contributed by atoms with van der Waals surface area (Å²) in [5.74, 6) is 0.174. The number of carbonyl (C=O) groups is 2. The van der Waals surface area contributed by atoms with E-state index in [4.69, 9.17) is 0 Å². The van der Waals surface area contributed by atoms with Crippen molar-refractivity contribution in [2.75, 3.05) is 26.7 Å². The van der Waals surface area contributed by atoms with E-state index in [0.717, 1.165) is 32.1 Å². The van der Waals surface area contributed by atoms with Gasteiger partial charge in [0.2, 0.25) is 5.91 Å². The Hall–Kier alpha value is -2.04. The number of urea groups is 1. The van der Waals surface area contributed by atoms with Crippen LogP contribution in [0.3, 0.4) is 0 Å². The largest absolute Gasteiger partial charge is 0.341 e. The molecule has 5 heteroatoms. The predicted molar refractivity (Wildman–Crippen MR) is 98.4 cm³/mol. The summed E-state index contributed by atoms with van der Waals surface area (Å²) in [7, 11) is 1.88. The number of benzene rings is 1. The van der Waals surface area contributed by atoms with Gasteiger partial charge in [0.25, 0.3) is 0 Å². The van der Waals surface area contributed by atoms with E-state index < -0.39 is 0 Å². The van der Waals surface area contributed by atoms with Crippen molar-refractivity contribution in [2.24, 2.45) is 5.92 Å². The second-order valence-electron chi connectivity index (χ2n) is 7.46. The van der Waals surface area contributed by atoms with Crippen LogP contribution < -0.4 is 5.32 Å². The zero-order valence-electron chi connectivity index (χ0n) is 15.3. The van der Waals surface area contributed by atoms with Gasteiger partial charge in [-0.25, -0.2) is 4.79 Å². The van der Waals surface area contributed by atoms with Crippen LogP contribution in [-0.4, -0.2) is 54.5 Å². The highest BCUT2D eigenvalue weighted by atomic mass is 16.2. The Morgan fingerprint density at radius 3 is 2.72 bits per heavy atom. The molecule has 2 saturated heterocycles. The molecule has 3 rings (SSSR count). The van der Waals surface area contributed by atoms with Crippen LogP contribution in [0.15, 0.2) is 24.3 Å². The predicted octanol–water partition coefficient (Wildman–Crippen LogP) is 2.58. The molecule has 0 spiro atoms. The van der Waals surface area contributed by atoms with E-state index in [2.05, 4.69) is 36.5 Å². The number of likely N-dealkylation sites (tertiary alicyclic amines) is 1. The average molecular weight is 343 g/mol. The van der Waals surface area contributed by atoms with Gasteiger partial charge in [-0.05, 0) is 38.2 Å². The van der Waals surface area contributed by atoms with Crippen LogP contribution in [-0.2, 0) is 11.2 Å². The smallest absolute Gasteiger partial charge is 0.317 e. The van der Waals surface area contributed by atoms with E-state index in [9.17, 15) is 9.59 Å². The fraction of sp³-hybridized carbons (Fsp3) is 0.600. The third kappa shape index (κ3) is 4.33. The van der Waals surface area contributed by atoms with Crippen molar-refractivity contribution in [3.05, 3.63) is 35.4 Å². The molecule has 2 fully saturated rings. The van der Waals surface area contributed by atoms with E-state index >= 15 is 0 Å². The van der Waals surface area contributed by atoms with Crippen LogP contribution in [0.4, 0.5) is 4.79 Å². The first-order chi connectivity index (χ1) is 12.0. The maximum atomic E-state index is 12.5. The van der Waals surface area contributed by atoms with Gasteiger partial charge in [0.15, 0.2) is 0 Å². The van der Waals surface area contributed by atoms with Gasteiger partial charge in [-0.15, -0.1) is 0 Å². The Labute approximate surface area is 150 Å². The normalized spacial score (nSPS) is 23.4. The lowest BCUT2D eigenvalue weighted by Gasteiger charge is -2.29. The Bertz CT molecular complexity index is 614. The Morgan fingerprint density at radius 1 is 1.20 bits per heavy atom. The molecule has 0 aromatic heterocycles. The van der Waals surface area contributed by atoms with Crippen molar-refractivity contribution >= 4 is 11.9 Å². The summed E-state index contributed by atoms with van der Waals surface area (Å²) < 4.78 is 0. The minimum absolute atomic E-state index is 0.0242. The fourth-order valence-corrected chi connectivity index (χ4v) is 3.88. The molecule has 2 aliphatic rings. The molecule has 0 aliphatic carbocycles. The van der Waals surface area contributed by atoms with Crippen LogP contribution in [0.25, 0.3) is 0 Å². The van der Waals surface area contributed by atoms with Gasteiger partial charge in [-0.3, -0.25) is 4.79 Å². The van der Waals surface area contributed by atoms with E-state index in [0.29, 0.717) is 19.6 Å². The molecule has 2 bridgehead atoms. The van der Waals surface area contributed by atoms with Gasteiger partial charge >= 0.3 is 6.03 Å². The lowest BCUT2D eigenvalue weighted by molar-refractivity contribution is -0.134. The molecule has 25 heavy (non-hydrogen) atoms. The molecule has 5 nitrogen and oxygen atoms in total. The summed E-state index contributed by atoms with van der Waals surface area (Å²) >= 11 is 0. The SMILES string of the molecule is Cc1ccc(CCCNC(=O)N2C[C@H]3CCC[C@@H](C2)N(C)C3=O)cc1. The molecule has 136 valence electrons. The summed E-state index contributed by atoms with van der Waals surface area (Å²) in [4.78, 5) is 28.7. The van der Waals surface area contributed by atoms with Gasteiger partial charge in [-0.1, -0.05) is 36.2 Å². The van der Waals surface area contributed by atoms with Crippen LogP contribution >= 0.6 is 0 Å². The zero-order valence-corrected chi connectivity index (χ0v) is 15.3. The number of hydrogen-bond acceptors (Lipinski definition) is 2. The van der Waals surface area contributed by atoms with Crippen LogP contribution in [0.2, 0.25) is 0 Å². The van der Waals surface area contributed by atoms with E-state index in [1.165, 1.54) is 11.1 Å². The monoisotopic (exact) mass is 343 g/mol. The molecule has 0 radical (unpaired) electrons. The third-order valence-electron chi connectivity index (χ3n) is 5.53. The van der Waals surface area contributed by atoms with E-state index in [1.54, 1.807) is 0 Å². The quantitative estimate of drug-likeness (QED) is 0.855. The number of nitrogens with zero attached hydrogens (tertiary/aromatic N) is 2. The summed E-state index contributed by atoms with van der Waals surface area (Å²) in [5.41, 5.74) is 2.57. The third-order valence-corrected chi connectivity index (χ3v) is 5.53. The van der Waals surface area contributed by atoms with Crippen molar-refractivity contribution in [3.63, 3.8) is 0 Å². The van der Waals surface area contributed by atoms with Crippen LogP contribution in [0.5, 0.6) is 0 Å². The van der Waals surface area contributed by atoms with Crippen molar-refractivity contribution < 1.29 is 9.59 Å². The maximum absolute atomic E-state index is 12.5. The van der Waals surface area contributed by atoms with E-state index in [1.807, 2.05) is 16.8 Å². The van der Waals surface area contributed by atoms with Crippen molar-refractivity contribution in [2.45, 2.75) is 45.1 Å². The highest BCUT2D eigenvalue weighted by Crippen LogP contribution is 2.26. The summed E-state index contributed by atoms with van der Waals surface area (Å²) in [5, 5.41) is 3.04. The molecular weight excluding hydrogens is 314 g/mol. The molecule has 3 amide bonds. The molecule has 0 saturated carbocycles. The first-order valence-corrected chi connectivity index (χ1v) is 9.39. The molecule has 2 heterocycles. The van der Waals surface area contributed by atoms with Crippen molar-refractivity contribution in [3.8, 4) is 0 Å². The Kier molecular flexibility index (Phi) is 5.61. The highest BCUT2D eigenvalue weighted by molar-refractivity contribution is 5.82. The van der Waals surface area contributed by atoms with Crippen LogP contribution in [0, 0.1) is 12.8 Å². The number of carbonyl (C=O) groups excluding carboxylic acids is 2. The summed E-state index contributed by atoms with van der Waals surface area (Å²) in [6, 6.07) is 8.68. The lowest BCUT2D eigenvalue weighted by atomic mass is 9.99. The average Bonchev–Trinajstić information content (AvgIpc) is 2.78. The maximum Gasteiger partial charge on any atom is 0.317 e. The fourth-order valence-electron chi connectivity index (χ4n) is 3.88. The highest BCUT2D eigenvalue weighted by Gasteiger charge is 2.37. The zero-order chi connectivity index (χ0) is 17.8. The minimum atomic E-state index is -0.0317. The van der Waals surface area contributed by atoms with Crippen molar-refractivity contribution in [1.82, 2.24) is 15.1 Å². The molecule has 1 aromatic carbocycles. The van der Waals surface area contributed by atoms with Gasteiger partial charge in [0.05, 0.1) is 5.92 Å². The second kappa shape index (κ2) is 7.89. The molecule has 1 N–H and O–H groups in total. The number of likely N-dealkylation sites (N-methyl/N-ethyl adjacent to an activating group) is 1. The minimum Gasteiger partial charge on any atom is -0.341 e. The molecule has 0 unspecified atom stereocenters. The molecule has 1 aromatic rings. The number of hydrogen-bond donors (Lipinski definition) is 1. The molecular formula is C20H29N3O2. The summed E-state index contributed by atoms with van der Waals surface area (Å²) in [6.45, 7) is 3.97. The number of amides is 3. The van der Waals surface area contributed by atoms with Crippen molar-refractivity contribution in [1.29, 1.82) is 0 Å². The molecule has 2 aliphatic heterocycles. The second-order valence-corrected chi connectivity index (χ2v) is 7.46. The van der Waals surface area contributed by atoms with Crippen LogP contribution in [0.1, 0.15) is 36.8 Å². The summed E-state index contributed by atoms with van der Waals surface area (Å²) in [6.07, 6.45) is 4.87.